The predicted octanol–water partition coefficient (Wildman–Crippen LogP) is 0.229. The molecule has 1 aliphatic heterocycles. The maximum absolute atomic E-state index is 4.74. The molecule has 0 atom stereocenters. The average Bonchev–Trinajstić information content (AvgIpc) is 2.85. The largest absolute Gasteiger partial charge is 2.00 e. The maximum Gasteiger partial charge on any atom is 2.00 e. The van der Waals surface area contributed by atoms with Gasteiger partial charge >= 0.3 is 16.5 Å². The summed E-state index contributed by atoms with van der Waals surface area (Å²) in [4.78, 5) is 19.0. The molecular formula is C28H20N4Ni+2. The molecule has 5 rings (SSSR count). The van der Waals surface area contributed by atoms with Gasteiger partial charge < -0.3 is 0 Å². The predicted molar refractivity (Wildman–Crippen MR) is 127 cm³/mol. The van der Waals surface area contributed by atoms with Crippen LogP contribution in [0.25, 0.3) is 24.8 Å². The van der Waals surface area contributed by atoms with Crippen LogP contribution < -0.4 is 42.3 Å². The Morgan fingerprint density at radius 2 is 0.515 bits per heavy atom. The van der Waals surface area contributed by atoms with E-state index in [4.69, 9.17) is 20.0 Å². The summed E-state index contributed by atoms with van der Waals surface area (Å²) in [5, 5.41) is 7.14. The van der Waals surface area contributed by atoms with Crippen LogP contribution >= 0.6 is 0 Å². The second-order valence-corrected chi connectivity index (χ2v) is 7.27. The molecule has 0 aliphatic carbocycles. The summed E-state index contributed by atoms with van der Waals surface area (Å²) in [7, 11) is 0. The average molecular weight is 471 g/mol. The quantitative estimate of drug-likeness (QED) is 0.330. The van der Waals surface area contributed by atoms with Gasteiger partial charge in [0.1, 0.15) is 0 Å². The van der Waals surface area contributed by atoms with E-state index in [9.17, 15) is 0 Å². The van der Waals surface area contributed by atoms with E-state index in [0.717, 1.165) is 42.3 Å². The third kappa shape index (κ3) is 5.28. The van der Waals surface area contributed by atoms with Crippen molar-refractivity contribution < 1.29 is 16.5 Å². The third-order valence-electron chi connectivity index (χ3n) is 5.12. The molecule has 0 N–H and O–H groups in total. The van der Waals surface area contributed by atoms with Crippen LogP contribution in [0.1, 0.15) is 0 Å². The van der Waals surface area contributed by atoms with Crippen molar-refractivity contribution in [3.8, 4) is 0 Å². The molecule has 4 aromatic carbocycles. The topological polar surface area (TPSA) is 49.4 Å². The zero-order valence-corrected chi connectivity index (χ0v) is 18.6. The van der Waals surface area contributed by atoms with Gasteiger partial charge in [0.2, 0.25) is 0 Å². The fourth-order valence-electron chi connectivity index (χ4n) is 3.41. The SMILES string of the molecule is C1=c2ccccc2=NC=c2ccccc2=NC=c2ccccc2=NC=c2ccccc2=N1.[Ni+2]. The van der Waals surface area contributed by atoms with Gasteiger partial charge in [0, 0.05) is 45.7 Å². The summed E-state index contributed by atoms with van der Waals surface area (Å²) in [5.74, 6) is 0. The van der Waals surface area contributed by atoms with Crippen molar-refractivity contribution in [1.29, 1.82) is 0 Å². The maximum atomic E-state index is 4.74. The van der Waals surface area contributed by atoms with Gasteiger partial charge in [-0.2, -0.15) is 0 Å². The Kier molecular flexibility index (Phi) is 7.13. The first kappa shape index (κ1) is 22.3. The summed E-state index contributed by atoms with van der Waals surface area (Å²) >= 11 is 0. The molecule has 0 unspecified atom stereocenters. The molecule has 0 saturated carbocycles. The molecule has 0 amide bonds. The fourth-order valence-corrected chi connectivity index (χ4v) is 3.41. The summed E-state index contributed by atoms with van der Waals surface area (Å²) in [6, 6.07) is 31.8. The number of benzene rings is 4. The molecular weight excluding hydrogens is 451 g/mol. The van der Waals surface area contributed by atoms with Crippen LogP contribution in [0.3, 0.4) is 0 Å². The van der Waals surface area contributed by atoms with Gasteiger partial charge in [0.05, 0.1) is 21.4 Å². The van der Waals surface area contributed by atoms with Crippen LogP contribution in [-0.2, 0) is 16.5 Å². The second-order valence-electron chi connectivity index (χ2n) is 7.27. The van der Waals surface area contributed by atoms with Gasteiger partial charge in [-0.3, -0.25) is 20.0 Å². The van der Waals surface area contributed by atoms with Crippen LogP contribution in [0.2, 0.25) is 0 Å². The summed E-state index contributed by atoms with van der Waals surface area (Å²) < 4.78 is 0. The molecule has 0 fully saturated rings. The molecule has 4 aromatic rings. The number of rotatable bonds is 0. The first-order valence-corrected chi connectivity index (χ1v) is 10.4. The number of fused-ring (bicyclic) bond motifs is 4. The molecule has 33 heavy (non-hydrogen) atoms. The number of nitrogens with zero attached hydrogens (tertiary/aromatic N) is 4. The Balaban J connectivity index is 0.00000259. The third-order valence-corrected chi connectivity index (χ3v) is 5.12. The number of para-hydroxylation sites is 4. The first-order valence-electron chi connectivity index (χ1n) is 10.4. The van der Waals surface area contributed by atoms with Crippen LogP contribution in [0.4, 0.5) is 0 Å². The molecule has 5 heteroatoms. The molecule has 4 nitrogen and oxygen atoms in total. The Morgan fingerprint density at radius 3 is 0.758 bits per heavy atom. The zero-order chi connectivity index (χ0) is 21.6. The van der Waals surface area contributed by atoms with E-state index < -0.39 is 0 Å². The molecule has 0 saturated heterocycles. The van der Waals surface area contributed by atoms with E-state index in [1.807, 2.05) is 122 Å². The van der Waals surface area contributed by atoms with Crippen LogP contribution in [-0.4, -0.2) is 0 Å². The van der Waals surface area contributed by atoms with Crippen molar-refractivity contribution in [3.05, 3.63) is 139 Å². The van der Waals surface area contributed by atoms with Gasteiger partial charge in [-0.05, 0) is 24.3 Å². The summed E-state index contributed by atoms with van der Waals surface area (Å²) in [6.07, 6.45) is 7.40. The van der Waals surface area contributed by atoms with Gasteiger partial charge in [0.25, 0.3) is 0 Å². The van der Waals surface area contributed by atoms with Gasteiger partial charge in [0.15, 0.2) is 0 Å². The fraction of sp³-hybridized carbons (Fsp3) is 0. The van der Waals surface area contributed by atoms with Crippen LogP contribution in [0.15, 0.2) is 117 Å². The first-order chi connectivity index (χ1) is 15.9. The molecule has 0 radical (unpaired) electrons. The second kappa shape index (κ2) is 10.6. The molecule has 0 bridgehead atoms. The monoisotopic (exact) mass is 470 g/mol. The van der Waals surface area contributed by atoms with E-state index in [2.05, 4.69) is 0 Å². The van der Waals surface area contributed by atoms with Crippen molar-refractivity contribution in [1.82, 2.24) is 0 Å². The van der Waals surface area contributed by atoms with E-state index >= 15 is 0 Å². The van der Waals surface area contributed by atoms with Crippen LogP contribution in [0, 0.1) is 0 Å². The van der Waals surface area contributed by atoms with Crippen molar-refractivity contribution in [2.75, 3.05) is 0 Å². The Hall–Kier alpha value is -3.95. The Morgan fingerprint density at radius 1 is 0.303 bits per heavy atom. The van der Waals surface area contributed by atoms with Crippen molar-refractivity contribution >= 4 is 24.8 Å². The van der Waals surface area contributed by atoms with Crippen molar-refractivity contribution in [2.24, 2.45) is 20.0 Å². The molecule has 0 aromatic heterocycles. The summed E-state index contributed by atoms with van der Waals surface area (Å²) in [5.41, 5.74) is 0. The molecule has 1 aliphatic rings. The smallest absolute Gasteiger partial charge is 0.256 e. The minimum atomic E-state index is 0. The molecule has 160 valence electrons. The normalized spacial score (nSPS) is 12.1. The summed E-state index contributed by atoms with van der Waals surface area (Å²) in [6.45, 7) is 0. The molecule has 1 heterocycles. The van der Waals surface area contributed by atoms with Gasteiger partial charge in [-0.25, -0.2) is 0 Å². The molecule has 0 spiro atoms. The van der Waals surface area contributed by atoms with E-state index in [0.29, 0.717) is 0 Å². The van der Waals surface area contributed by atoms with Gasteiger partial charge in [-0.1, -0.05) is 72.8 Å². The minimum Gasteiger partial charge on any atom is -0.256 e. The Bertz CT molecular complexity index is 1390. The number of hydrogen-bond donors (Lipinski definition) is 0. The van der Waals surface area contributed by atoms with Crippen LogP contribution in [0.5, 0.6) is 0 Å². The van der Waals surface area contributed by atoms with E-state index in [1.54, 1.807) is 0 Å². The standard InChI is InChI=1S/C28H20N4.Ni/c1-5-13-25-21(9-1)17-29-26-14-6-2-11-23(26)19-31-28-16-8-4-12-24(28)20-32-27-15-7-3-10-22(27)18-30-25;/h1-20H;/q;+2. The Labute approximate surface area is 200 Å². The van der Waals surface area contributed by atoms with E-state index in [1.165, 1.54) is 0 Å². The minimum absolute atomic E-state index is 0. The van der Waals surface area contributed by atoms with E-state index in [-0.39, 0.29) is 16.5 Å². The number of hydrogen-bond acceptors (Lipinski definition) is 4. The van der Waals surface area contributed by atoms with Crippen molar-refractivity contribution in [3.63, 3.8) is 0 Å². The van der Waals surface area contributed by atoms with Gasteiger partial charge in [-0.15, -0.1) is 0 Å². The van der Waals surface area contributed by atoms with Crippen molar-refractivity contribution in [2.45, 2.75) is 0 Å². The zero-order valence-electron chi connectivity index (χ0n) is 17.7.